The first kappa shape index (κ1) is 20.9. The molecule has 5 rings (SSSR count). The molecule has 3 N–H and O–H groups in total. The van der Waals surface area contributed by atoms with Crippen molar-refractivity contribution in [3.63, 3.8) is 0 Å². The molecule has 7 heteroatoms. The summed E-state index contributed by atoms with van der Waals surface area (Å²) in [5.41, 5.74) is 3.01. The Morgan fingerprint density at radius 1 is 1.19 bits per heavy atom. The summed E-state index contributed by atoms with van der Waals surface area (Å²) >= 11 is 0. The molecule has 0 radical (unpaired) electrons. The monoisotopic (exact) mass is 426 g/mol. The van der Waals surface area contributed by atoms with Crippen LogP contribution in [0.2, 0.25) is 0 Å². The molecule has 7 nitrogen and oxygen atoms in total. The summed E-state index contributed by atoms with van der Waals surface area (Å²) in [6.45, 7) is 4.26. The van der Waals surface area contributed by atoms with Gasteiger partial charge in [-0.1, -0.05) is 6.08 Å². The number of aliphatic hydroxyl groups excluding tert-OH is 1. The number of rotatable bonds is 6. The molecule has 1 aromatic rings. The van der Waals surface area contributed by atoms with Gasteiger partial charge in [-0.3, -0.25) is 14.9 Å². The molecular weight excluding hydrogens is 392 g/mol. The number of fused-ring (bicyclic) bond motifs is 3. The largest absolute Gasteiger partial charge is 0.396 e. The molecule has 168 valence electrons. The SMILES string of the molecule is O=C(NCCN1CCCC1)[C@H]1N[C@H]2c3ccc(C4=CCCCC4)c(=O)n3C[C@H]2[C@@H]1CO. The van der Waals surface area contributed by atoms with E-state index < -0.39 is 6.04 Å². The first-order chi connectivity index (χ1) is 15.2. The Bertz CT molecular complexity index is 918. The smallest absolute Gasteiger partial charge is 0.258 e. The lowest BCUT2D eigenvalue weighted by molar-refractivity contribution is -0.124. The number of nitrogens with one attached hydrogen (secondary N) is 2. The summed E-state index contributed by atoms with van der Waals surface area (Å²) < 4.78 is 1.87. The van der Waals surface area contributed by atoms with Gasteiger partial charge in [-0.15, -0.1) is 0 Å². The van der Waals surface area contributed by atoms with E-state index in [1.54, 1.807) is 0 Å². The van der Waals surface area contributed by atoms with E-state index in [-0.39, 0.29) is 36.0 Å². The minimum absolute atomic E-state index is 0.0366. The number of amides is 1. The van der Waals surface area contributed by atoms with E-state index in [0.717, 1.165) is 50.2 Å². The summed E-state index contributed by atoms with van der Waals surface area (Å²) in [6.07, 6.45) is 9.05. The van der Waals surface area contributed by atoms with Gasteiger partial charge in [0.15, 0.2) is 0 Å². The second-order valence-corrected chi connectivity index (χ2v) is 9.53. The Morgan fingerprint density at radius 3 is 2.77 bits per heavy atom. The van der Waals surface area contributed by atoms with Crippen LogP contribution in [0.5, 0.6) is 0 Å². The average molecular weight is 427 g/mol. The Kier molecular flexibility index (Phi) is 5.99. The van der Waals surface area contributed by atoms with Gasteiger partial charge in [0.2, 0.25) is 5.91 Å². The van der Waals surface area contributed by atoms with Crippen molar-refractivity contribution in [1.82, 2.24) is 20.1 Å². The lowest BCUT2D eigenvalue weighted by Gasteiger charge is -2.22. The molecule has 1 aliphatic carbocycles. The maximum atomic E-state index is 13.2. The quantitative estimate of drug-likeness (QED) is 0.638. The zero-order chi connectivity index (χ0) is 21.4. The van der Waals surface area contributed by atoms with Gasteiger partial charge in [0.1, 0.15) is 0 Å². The highest BCUT2D eigenvalue weighted by atomic mass is 16.3. The Morgan fingerprint density at radius 2 is 2.03 bits per heavy atom. The minimum atomic E-state index is -0.414. The van der Waals surface area contributed by atoms with Gasteiger partial charge in [-0.2, -0.15) is 0 Å². The standard InChI is InChI=1S/C24H34N4O3/c29-15-19-18-14-28-20(9-8-17(24(28)31)16-6-2-1-3-7-16)21(18)26-22(19)23(30)25-10-13-27-11-4-5-12-27/h6,8-9,18-19,21-22,26,29H,1-5,7,10-15H2,(H,25,30)/t18-,19-,21+,22-/m0/s1. The first-order valence-corrected chi connectivity index (χ1v) is 12.0. The summed E-state index contributed by atoms with van der Waals surface area (Å²) in [4.78, 5) is 28.5. The van der Waals surface area contributed by atoms with Crippen molar-refractivity contribution in [3.05, 3.63) is 39.8 Å². The van der Waals surface area contributed by atoms with Crippen LogP contribution in [0.3, 0.4) is 0 Å². The Labute approximate surface area is 183 Å². The number of likely N-dealkylation sites (tertiary alicyclic amines) is 1. The van der Waals surface area contributed by atoms with Crippen molar-refractivity contribution in [2.24, 2.45) is 11.8 Å². The van der Waals surface area contributed by atoms with Gasteiger partial charge in [0.05, 0.1) is 12.1 Å². The highest BCUT2D eigenvalue weighted by molar-refractivity contribution is 5.82. The molecular formula is C24H34N4O3. The molecule has 1 aromatic heterocycles. The second kappa shape index (κ2) is 8.88. The van der Waals surface area contributed by atoms with Crippen LogP contribution >= 0.6 is 0 Å². The lowest BCUT2D eigenvalue weighted by Crippen LogP contribution is -2.47. The molecule has 2 fully saturated rings. The molecule has 2 saturated heterocycles. The number of hydrogen-bond acceptors (Lipinski definition) is 5. The van der Waals surface area contributed by atoms with E-state index in [2.05, 4.69) is 21.6 Å². The van der Waals surface area contributed by atoms with Gasteiger partial charge in [-0.05, 0) is 69.3 Å². The molecule has 0 spiro atoms. The van der Waals surface area contributed by atoms with E-state index in [1.165, 1.54) is 24.8 Å². The van der Waals surface area contributed by atoms with Gasteiger partial charge in [0, 0.05) is 49.3 Å². The van der Waals surface area contributed by atoms with Crippen LogP contribution in [0, 0.1) is 11.8 Å². The number of nitrogens with zero attached hydrogens (tertiary/aromatic N) is 2. The third kappa shape index (κ3) is 3.88. The topological polar surface area (TPSA) is 86.6 Å². The van der Waals surface area contributed by atoms with Gasteiger partial charge in [0.25, 0.3) is 5.56 Å². The Hall–Kier alpha value is -1.96. The third-order valence-electron chi connectivity index (χ3n) is 7.74. The average Bonchev–Trinajstić information content (AvgIpc) is 3.50. The number of hydrogen-bond donors (Lipinski definition) is 3. The molecule has 4 heterocycles. The summed E-state index contributed by atoms with van der Waals surface area (Å²) in [5.74, 6) is -0.165. The van der Waals surface area contributed by atoms with Crippen molar-refractivity contribution >= 4 is 11.5 Å². The van der Waals surface area contributed by atoms with Crippen LogP contribution in [0.4, 0.5) is 0 Å². The molecule has 0 unspecified atom stereocenters. The van der Waals surface area contributed by atoms with E-state index in [4.69, 9.17) is 0 Å². The molecule has 0 aromatic carbocycles. The number of aromatic nitrogens is 1. The van der Waals surface area contributed by atoms with Gasteiger partial charge < -0.3 is 19.9 Å². The highest BCUT2D eigenvalue weighted by Crippen LogP contribution is 2.42. The van der Waals surface area contributed by atoms with Gasteiger partial charge >= 0.3 is 0 Å². The predicted molar refractivity (Wildman–Crippen MR) is 120 cm³/mol. The fourth-order valence-corrected chi connectivity index (χ4v) is 6.04. The summed E-state index contributed by atoms with van der Waals surface area (Å²) in [5, 5.41) is 16.6. The maximum absolute atomic E-state index is 13.2. The van der Waals surface area contributed by atoms with Crippen molar-refractivity contribution < 1.29 is 9.90 Å². The fourth-order valence-electron chi connectivity index (χ4n) is 6.04. The summed E-state index contributed by atoms with van der Waals surface area (Å²) in [7, 11) is 0. The van der Waals surface area contributed by atoms with E-state index in [9.17, 15) is 14.7 Å². The predicted octanol–water partition coefficient (Wildman–Crippen LogP) is 1.27. The van der Waals surface area contributed by atoms with Crippen molar-refractivity contribution in [2.75, 3.05) is 32.8 Å². The molecule has 0 saturated carbocycles. The van der Waals surface area contributed by atoms with Crippen molar-refractivity contribution in [1.29, 1.82) is 0 Å². The van der Waals surface area contributed by atoms with Crippen molar-refractivity contribution in [2.45, 2.75) is 57.2 Å². The number of allylic oxidation sites excluding steroid dienone is 2. The summed E-state index contributed by atoms with van der Waals surface area (Å²) in [6, 6.07) is 3.54. The molecule has 4 aliphatic rings. The third-order valence-corrected chi connectivity index (χ3v) is 7.74. The zero-order valence-electron chi connectivity index (χ0n) is 18.2. The normalized spacial score (nSPS) is 30.2. The zero-order valence-corrected chi connectivity index (χ0v) is 18.2. The number of pyridine rings is 1. The van der Waals surface area contributed by atoms with Crippen LogP contribution < -0.4 is 16.2 Å². The van der Waals surface area contributed by atoms with E-state index in [1.807, 2.05) is 16.7 Å². The number of carbonyl (C=O) groups excluding carboxylic acids is 1. The maximum Gasteiger partial charge on any atom is 0.258 e. The van der Waals surface area contributed by atoms with E-state index in [0.29, 0.717) is 13.1 Å². The van der Waals surface area contributed by atoms with Gasteiger partial charge in [-0.25, -0.2) is 0 Å². The number of carbonyl (C=O) groups is 1. The van der Waals surface area contributed by atoms with Crippen LogP contribution in [0.25, 0.3) is 5.57 Å². The van der Waals surface area contributed by atoms with Crippen LogP contribution in [0.1, 0.15) is 55.8 Å². The van der Waals surface area contributed by atoms with Crippen molar-refractivity contribution in [3.8, 4) is 0 Å². The molecule has 1 amide bonds. The van der Waals surface area contributed by atoms with Crippen LogP contribution in [-0.2, 0) is 11.3 Å². The van der Waals surface area contributed by atoms with Crippen LogP contribution in [-0.4, -0.2) is 59.3 Å². The highest BCUT2D eigenvalue weighted by Gasteiger charge is 2.50. The molecule has 31 heavy (non-hydrogen) atoms. The fraction of sp³-hybridized carbons (Fsp3) is 0.667. The number of aliphatic hydroxyl groups is 1. The molecule has 0 bridgehead atoms. The molecule has 4 atom stereocenters. The molecule has 3 aliphatic heterocycles. The second-order valence-electron chi connectivity index (χ2n) is 9.53. The Balaban J connectivity index is 1.29. The first-order valence-electron chi connectivity index (χ1n) is 12.0. The van der Waals surface area contributed by atoms with Crippen LogP contribution in [0.15, 0.2) is 23.0 Å². The minimum Gasteiger partial charge on any atom is -0.396 e. The van der Waals surface area contributed by atoms with E-state index >= 15 is 0 Å². The lowest BCUT2D eigenvalue weighted by atomic mass is 9.88.